The van der Waals surface area contributed by atoms with Crippen molar-refractivity contribution in [3.8, 4) is 24.2 Å². The molecule has 0 radical (unpaired) electrons. The number of nitrogens with zero attached hydrogens (tertiary/aromatic N) is 1. The summed E-state index contributed by atoms with van der Waals surface area (Å²) in [4.78, 5) is 0.111. The molecule has 3 aromatic rings. The van der Waals surface area contributed by atoms with E-state index >= 15 is 0 Å². The standard InChI is InChI=1S/C24H18ClNO2S/c1-2-19-26(29(27,28)23-16-14-22(25)15-17-23)24(21-11-7-4-8-12-21)18-13-20-9-5-3-6-10-20/h1,3-12,14-17,24H,19H2. The molecule has 0 aliphatic carbocycles. The van der Waals surface area contributed by atoms with Crippen LogP contribution in [0.1, 0.15) is 17.2 Å². The van der Waals surface area contributed by atoms with Crippen LogP contribution in [0.2, 0.25) is 5.02 Å². The Kier molecular flexibility index (Phi) is 6.75. The monoisotopic (exact) mass is 419 g/mol. The first-order valence-electron chi connectivity index (χ1n) is 8.85. The van der Waals surface area contributed by atoms with E-state index in [9.17, 15) is 8.42 Å². The van der Waals surface area contributed by atoms with Gasteiger partial charge in [-0.15, -0.1) is 6.42 Å². The molecule has 0 heterocycles. The Morgan fingerprint density at radius 2 is 1.48 bits per heavy atom. The second-order valence-electron chi connectivity index (χ2n) is 6.16. The summed E-state index contributed by atoms with van der Waals surface area (Å²) in [5.41, 5.74) is 1.53. The smallest absolute Gasteiger partial charge is 0.207 e. The molecular formula is C24H18ClNO2S. The van der Waals surface area contributed by atoms with Crippen LogP contribution in [-0.4, -0.2) is 19.3 Å². The maximum absolute atomic E-state index is 13.4. The first-order chi connectivity index (χ1) is 14.0. The number of rotatable bonds is 5. The molecule has 1 unspecified atom stereocenters. The highest BCUT2D eigenvalue weighted by Gasteiger charge is 2.31. The summed E-state index contributed by atoms with van der Waals surface area (Å²) in [5, 5.41) is 0.455. The summed E-state index contributed by atoms with van der Waals surface area (Å²) in [6, 6.07) is 23.9. The quantitative estimate of drug-likeness (QED) is 0.559. The van der Waals surface area contributed by atoms with Gasteiger partial charge in [0.25, 0.3) is 0 Å². The Balaban J connectivity index is 2.11. The van der Waals surface area contributed by atoms with Gasteiger partial charge in [-0.1, -0.05) is 77.9 Å². The van der Waals surface area contributed by atoms with Crippen LogP contribution in [0.25, 0.3) is 0 Å². The van der Waals surface area contributed by atoms with Crippen LogP contribution in [0.3, 0.4) is 0 Å². The van der Waals surface area contributed by atoms with Crippen LogP contribution >= 0.6 is 11.6 Å². The number of terminal acetylenes is 1. The molecule has 0 aliphatic heterocycles. The van der Waals surface area contributed by atoms with E-state index in [1.54, 1.807) is 0 Å². The highest BCUT2D eigenvalue weighted by Crippen LogP contribution is 2.28. The van der Waals surface area contributed by atoms with Crippen LogP contribution in [0, 0.1) is 24.2 Å². The van der Waals surface area contributed by atoms with Crippen molar-refractivity contribution in [2.24, 2.45) is 0 Å². The van der Waals surface area contributed by atoms with E-state index in [4.69, 9.17) is 18.0 Å². The van der Waals surface area contributed by atoms with Gasteiger partial charge in [-0.05, 0) is 42.0 Å². The SMILES string of the molecule is C#CCN(C(C#Cc1ccccc1)c1ccccc1)S(=O)(=O)c1ccc(Cl)cc1. The van der Waals surface area contributed by atoms with Crippen LogP contribution in [0.5, 0.6) is 0 Å². The number of benzene rings is 3. The lowest BCUT2D eigenvalue weighted by Crippen LogP contribution is -2.34. The average Bonchev–Trinajstić information content (AvgIpc) is 2.75. The van der Waals surface area contributed by atoms with E-state index in [1.165, 1.54) is 28.6 Å². The van der Waals surface area contributed by atoms with E-state index in [2.05, 4.69) is 17.8 Å². The third-order valence-electron chi connectivity index (χ3n) is 4.20. The van der Waals surface area contributed by atoms with Gasteiger partial charge in [0, 0.05) is 10.6 Å². The zero-order valence-electron chi connectivity index (χ0n) is 15.5. The van der Waals surface area contributed by atoms with Crippen LogP contribution in [0.4, 0.5) is 0 Å². The molecule has 0 saturated heterocycles. The Morgan fingerprint density at radius 3 is 2.07 bits per heavy atom. The summed E-state index contributed by atoms with van der Waals surface area (Å²) in [7, 11) is -3.90. The Morgan fingerprint density at radius 1 is 0.897 bits per heavy atom. The molecule has 0 aromatic heterocycles. The topological polar surface area (TPSA) is 37.4 Å². The maximum Gasteiger partial charge on any atom is 0.245 e. The Labute approximate surface area is 177 Å². The van der Waals surface area contributed by atoms with E-state index in [-0.39, 0.29) is 11.4 Å². The minimum atomic E-state index is -3.90. The summed E-state index contributed by atoms with van der Waals surface area (Å²) in [6.45, 7) is -0.117. The lowest BCUT2D eigenvalue weighted by molar-refractivity contribution is 0.410. The minimum Gasteiger partial charge on any atom is -0.207 e. The predicted molar refractivity (Wildman–Crippen MR) is 117 cm³/mol. The maximum atomic E-state index is 13.4. The molecule has 5 heteroatoms. The number of halogens is 1. The van der Waals surface area contributed by atoms with Crippen molar-refractivity contribution in [2.75, 3.05) is 6.54 Å². The van der Waals surface area contributed by atoms with Gasteiger partial charge in [-0.25, -0.2) is 8.42 Å². The molecule has 0 fully saturated rings. The Hall–Kier alpha value is -3.02. The van der Waals surface area contributed by atoms with Crippen LogP contribution in [0.15, 0.2) is 89.8 Å². The predicted octanol–water partition coefficient (Wildman–Crippen LogP) is 4.76. The van der Waals surface area contributed by atoms with Gasteiger partial charge in [0.05, 0.1) is 11.4 Å². The first-order valence-corrected chi connectivity index (χ1v) is 10.7. The lowest BCUT2D eigenvalue weighted by Gasteiger charge is -2.26. The van der Waals surface area contributed by atoms with Gasteiger partial charge in [-0.2, -0.15) is 4.31 Å². The molecular weight excluding hydrogens is 402 g/mol. The fourth-order valence-corrected chi connectivity index (χ4v) is 4.35. The number of hydrogen-bond donors (Lipinski definition) is 0. The van der Waals surface area contributed by atoms with E-state index in [1.807, 2.05) is 60.7 Å². The normalized spacial score (nSPS) is 11.9. The van der Waals surface area contributed by atoms with Crippen molar-refractivity contribution in [2.45, 2.75) is 10.9 Å². The van der Waals surface area contributed by atoms with Crippen molar-refractivity contribution < 1.29 is 8.42 Å². The molecule has 0 aliphatic rings. The molecule has 0 saturated carbocycles. The first kappa shape index (κ1) is 20.7. The highest BCUT2D eigenvalue weighted by atomic mass is 35.5. The lowest BCUT2D eigenvalue weighted by atomic mass is 10.1. The van der Waals surface area contributed by atoms with Gasteiger partial charge in [0.2, 0.25) is 10.0 Å². The van der Waals surface area contributed by atoms with E-state index in [0.717, 1.165) is 11.1 Å². The summed E-state index contributed by atoms with van der Waals surface area (Å²) in [5.74, 6) is 8.62. The van der Waals surface area contributed by atoms with Crippen molar-refractivity contribution in [1.29, 1.82) is 0 Å². The molecule has 144 valence electrons. The average molecular weight is 420 g/mol. The van der Waals surface area contributed by atoms with Gasteiger partial charge < -0.3 is 0 Å². The number of sulfonamides is 1. The second kappa shape index (κ2) is 9.45. The highest BCUT2D eigenvalue weighted by molar-refractivity contribution is 7.89. The molecule has 1 atom stereocenters. The van der Waals surface area contributed by atoms with Crippen molar-refractivity contribution in [3.63, 3.8) is 0 Å². The minimum absolute atomic E-state index is 0.111. The number of hydrogen-bond acceptors (Lipinski definition) is 2. The fraction of sp³-hybridized carbons (Fsp3) is 0.0833. The van der Waals surface area contributed by atoms with E-state index < -0.39 is 16.1 Å². The van der Waals surface area contributed by atoms with Gasteiger partial charge in [0.15, 0.2) is 0 Å². The summed E-state index contributed by atoms with van der Waals surface area (Å²) < 4.78 is 28.0. The van der Waals surface area contributed by atoms with Crippen LogP contribution in [-0.2, 0) is 10.0 Å². The van der Waals surface area contributed by atoms with Crippen LogP contribution < -0.4 is 0 Å². The molecule has 0 spiro atoms. The van der Waals surface area contributed by atoms with E-state index in [0.29, 0.717) is 5.02 Å². The second-order valence-corrected chi connectivity index (χ2v) is 8.48. The van der Waals surface area contributed by atoms with Crippen molar-refractivity contribution in [3.05, 3.63) is 101 Å². The zero-order valence-corrected chi connectivity index (χ0v) is 17.1. The van der Waals surface area contributed by atoms with Gasteiger partial charge in [-0.3, -0.25) is 0 Å². The Bertz CT molecular complexity index is 1160. The molecule has 0 N–H and O–H groups in total. The molecule has 3 nitrogen and oxygen atoms in total. The zero-order chi connectivity index (χ0) is 20.7. The summed E-state index contributed by atoms with van der Waals surface area (Å²) >= 11 is 5.92. The molecule has 0 amide bonds. The molecule has 0 bridgehead atoms. The largest absolute Gasteiger partial charge is 0.245 e. The van der Waals surface area contributed by atoms with Gasteiger partial charge in [0.1, 0.15) is 6.04 Å². The fourth-order valence-electron chi connectivity index (χ4n) is 2.78. The molecule has 3 aromatic carbocycles. The third kappa shape index (κ3) is 5.08. The van der Waals surface area contributed by atoms with Crippen molar-refractivity contribution in [1.82, 2.24) is 4.31 Å². The molecule has 3 rings (SSSR count). The van der Waals surface area contributed by atoms with Crippen molar-refractivity contribution >= 4 is 21.6 Å². The third-order valence-corrected chi connectivity index (χ3v) is 6.27. The summed E-state index contributed by atoms with van der Waals surface area (Å²) in [6.07, 6.45) is 5.53. The van der Waals surface area contributed by atoms with Gasteiger partial charge >= 0.3 is 0 Å². The molecule has 29 heavy (non-hydrogen) atoms.